The van der Waals surface area contributed by atoms with Crippen molar-refractivity contribution < 1.29 is 62.9 Å². The van der Waals surface area contributed by atoms with Gasteiger partial charge in [-0.3, -0.25) is 0 Å². The molecule has 0 bridgehead atoms. The van der Waals surface area contributed by atoms with E-state index in [0.717, 1.165) is 110 Å². The lowest BCUT2D eigenvalue weighted by molar-refractivity contribution is -0.921. The molecule has 2 aliphatic heterocycles. The Morgan fingerprint density at radius 2 is 1.05 bits per heavy atom. The van der Waals surface area contributed by atoms with E-state index in [4.69, 9.17) is 19.5 Å². The van der Waals surface area contributed by atoms with E-state index >= 15 is 0 Å². The van der Waals surface area contributed by atoms with Crippen molar-refractivity contribution in [2.24, 2.45) is 0 Å². The van der Waals surface area contributed by atoms with Crippen LogP contribution in [0.1, 0.15) is 11.1 Å². The van der Waals surface area contributed by atoms with Crippen molar-refractivity contribution >= 4 is 51.2 Å². The number of benzene rings is 4. The lowest BCUT2D eigenvalue weighted by Crippen LogP contribution is -3.12. The number of ether oxygens (including phenoxy) is 2. The SMILES string of the molecule is Fc1ccccc1-c1c(C[NH+]2CCOCC2)cnn1-c1ccc(-c2ccsc2)cc1.Fc1ccccc1-c1c(C[NH+]2CCOCC2)cnn1-c1ccc(Br)cc1.OB(O)c1ccsc1.[Cl-].[Cl-]. The predicted molar refractivity (Wildman–Crippen MR) is 254 cm³/mol. The average Bonchev–Trinajstić information content (AvgIpc) is 4.18. The Hall–Kier alpha value is -4.56. The molecule has 18 heteroatoms. The molecule has 10 rings (SSSR count). The van der Waals surface area contributed by atoms with E-state index in [1.54, 1.807) is 40.3 Å². The van der Waals surface area contributed by atoms with Crippen molar-refractivity contribution in [3.8, 4) is 45.0 Å². The lowest BCUT2D eigenvalue weighted by atomic mass is 9.83. The average molecular weight is 1040 g/mol. The summed E-state index contributed by atoms with van der Waals surface area (Å²) >= 11 is 6.59. The number of hydrogen-bond donors (Lipinski definition) is 4. The minimum Gasteiger partial charge on any atom is -1.00 e. The van der Waals surface area contributed by atoms with Gasteiger partial charge in [0.2, 0.25) is 0 Å². The first-order valence-corrected chi connectivity index (χ1v) is 23.7. The molecule has 4 N–H and O–H groups in total. The first kappa shape index (κ1) is 50.8. The number of rotatable bonds is 10. The maximum Gasteiger partial charge on any atom is 0.489 e. The van der Waals surface area contributed by atoms with Gasteiger partial charge in [0.25, 0.3) is 0 Å². The second kappa shape index (κ2) is 25.0. The van der Waals surface area contributed by atoms with E-state index in [1.807, 2.05) is 70.3 Å². The van der Waals surface area contributed by atoms with Crippen molar-refractivity contribution in [2.45, 2.75) is 13.1 Å². The van der Waals surface area contributed by atoms with Gasteiger partial charge in [-0.1, -0.05) is 58.4 Å². The van der Waals surface area contributed by atoms with E-state index in [0.29, 0.717) is 16.6 Å². The standard InChI is InChI=1S/C24H22FN3OS.C20H19BrFN3O.C4H5BO2S.2ClH/c25-23-4-2-1-3-22(23)24-20(16-27-10-12-29-13-11-27)15-26-28(24)21-7-5-18(6-8-21)19-9-14-30-17-19;21-16-5-7-17(8-6-16)25-20(18-3-1-2-4-19(18)22)15(13-23-25)14-24-9-11-26-12-10-24;6-5(7)4-1-2-8-3-4;;/h1-9,14-15,17H,10-13,16H2;1-8,13H,9-12,14H2;1-3,6-7H;2*1H. The van der Waals surface area contributed by atoms with E-state index in [1.165, 1.54) is 38.8 Å². The van der Waals surface area contributed by atoms with Crippen molar-refractivity contribution in [1.29, 1.82) is 0 Å². The van der Waals surface area contributed by atoms with Crippen LogP contribution in [-0.2, 0) is 22.6 Å². The van der Waals surface area contributed by atoms with Crippen molar-refractivity contribution in [3.63, 3.8) is 0 Å². The molecule has 4 aromatic heterocycles. The van der Waals surface area contributed by atoms with Crippen LogP contribution in [0.5, 0.6) is 0 Å². The molecule has 2 aliphatic rings. The van der Waals surface area contributed by atoms with Gasteiger partial charge >= 0.3 is 7.12 Å². The number of nitrogens with zero attached hydrogens (tertiary/aromatic N) is 4. The third-order valence-corrected chi connectivity index (χ3v) is 13.0. The monoisotopic (exact) mass is 1030 g/mol. The normalized spacial score (nSPS) is 13.9. The van der Waals surface area contributed by atoms with Crippen LogP contribution in [-0.4, -0.2) is 89.3 Å². The summed E-state index contributed by atoms with van der Waals surface area (Å²) in [4.78, 5) is 2.87. The number of quaternary nitrogens is 2. The van der Waals surface area contributed by atoms with Gasteiger partial charge in [-0.2, -0.15) is 32.9 Å². The number of hydrogen-bond acceptors (Lipinski definition) is 8. The fraction of sp³-hybridized carbons (Fsp3) is 0.208. The van der Waals surface area contributed by atoms with Gasteiger partial charge in [0, 0.05) is 15.6 Å². The Bertz CT molecular complexity index is 2680. The molecule has 0 atom stereocenters. The second-order valence-electron chi connectivity index (χ2n) is 15.4. The molecule has 0 spiro atoms. The smallest absolute Gasteiger partial charge is 0.489 e. The zero-order chi connectivity index (χ0) is 44.3. The molecule has 0 amide bonds. The molecular weight excluding hydrogens is 988 g/mol. The number of halogens is 5. The van der Waals surface area contributed by atoms with Crippen LogP contribution < -0.4 is 40.1 Å². The van der Waals surface area contributed by atoms with E-state index in [-0.39, 0.29) is 36.4 Å². The minimum absolute atomic E-state index is 0. The van der Waals surface area contributed by atoms with Crippen LogP contribution in [0.25, 0.3) is 45.0 Å². The van der Waals surface area contributed by atoms with Gasteiger partial charge in [-0.05, 0) is 105 Å². The van der Waals surface area contributed by atoms with Crippen molar-refractivity contribution in [3.05, 3.63) is 170 Å². The largest absolute Gasteiger partial charge is 1.00 e. The molecule has 10 nitrogen and oxygen atoms in total. The van der Waals surface area contributed by atoms with Crippen LogP contribution in [0.4, 0.5) is 8.78 Å². The minimum atomic E-state index is -1.30. The maximum atomic E-state index is 14.8. The summed E-state index contributed by atoms with van der Waals surface area (Å²) in [6.45, 7) is 8.51. The van der Waals surface area contributed by atoms with Gasteiger partial charge in [-0.15, -0.1) is 0 Å². The summed E-state index contributed by atoms with van der Waals surface area (Å²) in [7, 11) is -1.30. The van der Waals surface area contributed by atoms with Gasteiger partial charge < -0.3 is 54.1 Å². The zero-order valence-corrected chi connectivity index (χ0v) is 40.4. The lowest BCUT2D eigenvalue weighted by Gasteiger charge is -2.23. The molecule has 66 heavy (non-hydrogen) atoms. The van der Waals surface area contributed by atoms with Crippen molar-refractivity contribution in [2.75, 3.05) is 52.6 Å². The fourth-order valence-corrected chi connectivity index (χ4v) is 9.34. The van der Waals surface area contributed by atoms with Crippen LogP contribution in [0, 0.1) is 11.6 Å². The Labute approximate surface area is 412 Å². The molecular formula is C48H48BBrCl2F2N6O4S2. The molecule has 0 saturated carbocycles. The molecule has 2 saturated heterocycles. The summed E-state index contributed by atoms with van der Waals surface area (Å²) in [5.41, 5.74) is 9.69. The summed E-state index contributed by atoms with van der Waals surface area (Å²) in [5.74, 6) is -0.461. The third kappa shape index (κ3) is 12.9. The molecule has 2 fully saturated rings. The van der Waals surface area contributed by atoms with E-state index in [9.17, 15) is 8.78 Å². The van der Waals surface area contributed by atoms with Crippen molar-refractivity contribution in [1.82, 2.24) is 19.6 Å². The number of aromatic nitrogens is 4. The van der Waals surface area contributed by atoms with Crippen LogP contribution in [0.3, 0.4) is 0 Å². The number of thiophene rings is 2. The molecule has 0 radical (unpaired) electrons. The second-order valence-corrected chi connectivity index (χ2v) is 17.8. The Morgan fingerprint density at radius 3 is 1.45 bits per heavy atom. The fourth-order valence-electron chi connectivity index (χ4n) is 7.74. The highest BCUT2D eigenvalue weighted by Gasteiger charge is 2.24. The molecule has 4 aromatic carbocycles. The zero-order valence-electron chi connectivity index (χ0n) is 35.7. The molecule has 0 aliphatic carbocycles. The summed E-state index contributed by atoms with van der Waals surface area (Å²) in [5, 5.41) is 33.9. The number of nitrogens with one attached hydrogen (secondary N) is 2. The summed E-state index contributed by atoms with van der Waals surface area (Å²) in [6, 6.07) is 33.8. The van der Waals surface area contributed by atoms with Gasteiger partial charge in [0.15, 0.2) is 0 Å². The first-order valence-electron chi connectivity index (χ1n) is 21.1. The Balaban J connectivity index is 0.000000183. The van der Waals surface area contributed by atoms with Gasteiger partial charge in [-0.25, -0.2) is 18.1 Å². The summed E-state index contributed by atoms with van der Waals surface area (Å²) < 4.78 is 45.0. The molecule has 6 heterocycles. The highest BCUT2D eigenvalue weighted by molar-refractivity contribution is 9.10. The Morgan fingerprint density at radius 1 is 0.591 bits per heavy atom. The Kier molecular flexibility index (Phi) is 19.3. The maximum absolute atomic E-state index is 14.8. The first-order chi connectivity index (χ1) is 31.3. The van der Waals surface area contributed by atoms with Gasteiger partial charge in [0.1, 0.15) is 50.9 Å². The van der Waals surface area contributed by atoms with Gasteiger partial charge in [0.05, 0.1) is 72.7 Å². The molecule has 0 unspecified atom stereocenters. The van der Waals surface area contributed by atoms with Crippen LogP contribution in [0.2, 0.25) is 0 Å². The van der Waals surface area contributed by atoms with Crippen LogP contribution >= 0.6 is 38.6 Å². The number of morpholine rings is 2. The highest BCUT2D eigenvalue weighted by Crippen LogP contribution is 2.31. The highest BCUT2D eigenvalue weighted by atomic mass is 79.9. The predicted octanol–water partition coefficient (Wildman–Crippen LogP) is 0.114. The molecule has 344 valence electrons. The quantitative estimate of drug-likeness (QED) is 0.146. The van der Waals surface area contributed by atoms with E-state index in [2.05, 4.69) is 67.2 Å². The topological polar surface area (TPSA) is 103 Å². The molecule has 8 aromatic rings. The third-order valence-electron chi connectivity index (χ3n) is 11.1. The van der Waals surface area contributed by atoms with Crippen LogP contribution in [0.15, 0.2) is 148 Å². The van der Waals surface area contributed by atoms with E-state index < -0.39 is 7.12 Å². The summed E-state index contributed by atoms with van der Waals surface area (Å²) in [6.07, 6.45) is 3.75.